The number of aromatic nitrogens is 5. The first-order chi connectivity index (χ1) is 15.7. The number of fused-ring (bicyclic) bond motifs is 1. The zero-order valence-electron chi connectivity index (χ0n) is 19.7. The molecule has 0 atom stereocenters. The smallest absolute Gasteiger partial charge is 0.270 e. The molecule has 0 bridgehead atoms. The summed E-state index contributed by atoms with van der Waals surface area (Å²) in [4.78, 5) is 38.9. The van der Waals surface area contributed by atoms with Gasteiger partial charge in [-0.3, -0.25) is 14.5 Å². The Morgan fingerprint density at radius 1 is 1.18 bits per heavy atom. The molecule has 172 valence electrons. The summed E-state index contributed by atoms with van der Waals surface area (Å²) in [6.07, 6.45) is 1.67. The van der Waals surface area contributed by atoms with Crippen molar-refractivity contribution < 1.29 is 9.59 Å². The molecule has 3 aromatic heterocycles. The summed E-state index contributed by atoms with van der Waals surface area (Å²) in [5.74, 6) is 1.14. The second-order valence-corrected chi connectivity index (χ2v) is 8.57. The van der Waals surface area contributed by atoms with Gasteiger partial charge in [0.2, 0.25) is 0 Å². The second kappa shape index (κ2) is 8.61. The molecule has 10 nitrogen and oxygen atoms in total. The van der Waals surface area contributed by atoms with Crippen molar-refractivity contribution >= 4 is 23.5 Å². The van der Waals surface area contributed by atoms with E-state index in [4.69, 9.17) is 4.98 Å². The first-order valence-corrected chi connectivity index (χ1v) is 10.9. The molecule has 0 spiro atoms. The van der Waals surface area contributed by atoms with Crippen molar-refractivity contribution in [1.82, 2.24) is 30.0 Å². The van der Waals surface area contributed by atoms with Gasteiger partial charge < -0.3 is 14.8 Å². The molecular formula is C23H28N8O2. The van der Waals surface area contributed by atoms with Gasteiger partial charge in [-0.05, 0) is 45.9 Å². The van der Waals surface area contributed by atoms with Crippen LogP contribution in [0.3, 0.4) is 0 Å². The van der Waals surface area contributed by atoms with E-state index in [1.54, 1.807) is 30.4 Å². The van der Waals surface area contributed by atoms with Gasteiger partial charge in [0.1, 0.15) is 29.4 Å². The third-order valence-corrected chi connectivity index (χ3v) is 5.85. The van der Waals surface area contributed by atoms with Gasteiger partial charge in [-0.25, -0.2) is 9.97 Å². The lowest BCUT2D eigenvalue weighted by Crippen LogP contribution is -2.29. The molecule has 0 radical (unpaired) electrons. The minimum absolute atomic E-state index is 0.150. The van der Waals surface area contributed by atoms with Gasteiger partial charge in [0.25, 0.3) is 11.8 Å². The van der Waals surface area contributed by atoms with E-state index in [-0.39, 0.29) is 36.1 Å². The van der Waals surface area contributed by atoms with Gasteiger partial charge in [-0.2, -0.15) is 0 Å². The maximum Gasteiger partial charge on any atom is 0.270 e. The van der Waals surface area contributed by atoms with E-state index < -0.39 is 0 Å². The number of amides is 2. The maximum atomic E-state index is 13.5. The molecule has 0 aliphatic carbocycles. The van der Waals surface area contributed by atoms with Gasteiger partial charge in [-0.1, -0.05) is 6.07 Å². The summed E-state index contributed by atoms with van der Waals surface area (Å²) < 4.78 is 1.92. The van der Waals surface area contributed by atoms with Crippen molar-refractivity contribution in [2.75, 3.05) is 23.9 Å². The van der Waals surface area contributed by atoms with Crippen LogP contribution in [0.25, 0.3) is 11.5 Å². The molecule has 4 rings (SSSR count). The Morgan fingerprint density at radius 3 is 2.61 bits per heavy atom. The number of nitrogens with zero attached hydrogens (tertiary/aromatic N) is 7. The number of anilines is 2. The monoisotopic (exact) mass is 448 g/mol. The lowest BCUT2D eigenvalue weighted by molar-refractivity contribution is 0.0956. The van der Waals surface area contributed by atoms with Gasteiger partial charge in [0.05, 0.1) is 12.1 Å². The molecule has 0 saturated heterocycles. The number of carbonyl (C=O) groups is 2. The summed E-state index contributed by atoms with van der Waals surface area (Å²) in [7, 11) is 3.44. The van der Waals surface area contributed by atoms with Crippen LogP contribution in [-0.2, 0) is 6.54 Å². The molecule has 0 aromatic carbocycles. The molecule has 0 unspecified atom stereocenters. The molecule has 1 aliphatic rings. The molecule has 0 fully saturated rings. The van der Waals surface area contributed by atoms with E-state index in [1.165, 1.54) is 0 Å². The lowest BCUT2D eigenvalue weighted by Gasteiger charge is -2.23. The van der Waals surface area contributed by atoms with Crippen LogP contribution in [0.5, 0.6) is 0 Å². The fraction of sp³-hybridized carbons (Fsp3) is 0.391. The molecule has 1 aliphatic heterocycles. The number of carbonyl (C=O) groups excluding carboxylic acids is 2. The number of hydrogen-bond acceptors (Lipinski definition) is 7. The lowest BCUT2D eigenvalue weighted by atomic mass is 10.1. The topological polar surface area (TPSA) is 109 Å². The van der Waals surface area contributed by atoms with Gasteiger partial charge in [0, 0.05) is 31.7 Å². The summed E-state index contributed by atoms with van der Waals surface area (Å²) >= 11 is 0. The fourth-order valence-electron chi connectivity index (χ4n) is 3.72. The predicted octanol–water partition coefficient (Wildman–Crippen LogP) is 2.68. The first kappa shape index (κ1) is 22.4. The van der Waals surface area contributed by atoms with Crippen LogP contribution >= 0.6 is 0 Å². The van der Waals surface area contributed by atoms with Crippen LogP contribution in [0.2, 0.25) is 0 Å². The third-order valence-electron chi connectivity index (χ3n) is 5.85. The van der Waals surface area contributed by atoms with Crippen LogP contribution in [0.4, 0.5) is 11.6 Å². The van der Waals surface area contributed by atoms with E-state index in [2.05, 4.69) is 20.5 Å². The van der Waals surface area contributed by atoms with Gasteiger partial charge in [0.15, 0.2) is 5.82 Å². The highest BCUT2D eigenvalue weighted by molar-refractivity contribution is 6.12. The van der Waals surface area contributed by atoms with Crippen molar-refractivity contribution in [1.29, 1.82) is 0 Å². The first-order valence-electron chi connectivity index (χ1n) is 10.9. The number of nitrogens with one attached hydrogen (secondary N) is 1. The Kier molecular flexibility index (Phi) is 5.84. The van der Waals surface area contributed by atoms with Crippen molar-refractivity contribution in [3.8, 4) is 11.5 Å². The van der Waals surface area contributed by atoms with Crippen LogP contribution < -0.4 is 15.1 Å². The molecule has 1 N–H and O–H groups in total. The fourth-order valence-corrected chi connectivity index (χ4v) is 3.72. The maximum absolute atomic E-state index is 13.5. The quantitative estimate of drug-likeness (QED) is 0.617. The summed E-state index contributed by atoms with van der Waals surface area (Å²) in [6.45, 7) is 8.33. The molecule has 0 saturated carbocycles. The minimum atomic E-state index is -0.327. The van der Waals surface area contributed by atoms with E-state index >= 15 is 0 Å². The highest BCUT2D eigenvalue weighted by Gasteiger charge is 2.35. The van der Waals surface area contributed by atoms with E-state index in [9.17, 15) is 9.59 Å². The van der Waals surface area contributed by atoms with E-state index in [0.29, 0.717) is 34.3 Å². The average Bonchev–Trinajstić information content (AvgIpc) is 3.43. The van der Waals surface area contributed by atoms with Crippen molar-refractivity contribution in [2.45, 2.75) is 46.3 Å². The standard InChI is InChI=1S/C23H28N8O2/c1-13(2)29(6)19-10-15-16(20(27-19)22(32)24-5)11-30(23(15)33)18-9-7-8-17(26-18)21-28-25-12-31(21)14(3)4/h7-10,12-14H,11H2,1-6H3,(H,24,32). The zero-order chi connectivity index (χ0) is 23.9. The van der Waals surface area contributed by atoms with Crippen LogP contribution in [0.1, 0.15) is 60.1 Å². The molecule has 10 heteroatoms. The SMILES string of the molecule is CNC(=O)c1nc(N(C)C(C)C)cc2c1CN(c1cccc(-c3nncn3C(C)C)n1)C2=O. The zero-order valence-corrected chi connectivity index (χ0v) is 19.7. The van der Waals surface area contributed by atoms with Crippen LogP contribution in [-0.4, -0.2) is 56.7 Å². The number of pyridine rings is 2. The summed E-state index contributed by atoms with van der Waals surface area (Å²) in [5.41, 5.74) is 1.93. The number of hydrogen-bond donors (Lipinski definition) is 1. The second-order valence-electron chi connectivity index (χ2n) is 8.57. The van der Waals surface area contributed by atoms with Crippen molar-refractivity contribution in [3.05, 3.63) is 47.4 Å². The van der Waals surface area contributed by atoms with Gasteiger partial charge >= 0.3 is 0 Å². The third kappa shape index (κ3) is 3.92. The highest BCUT2D eigenvalue weighted by Crippen LogP contribution is 2.32. The molecule has 33 heavy (non-hydrogen) atoms. The predicted molar refractivity (Wildman–Crippen MR) is 125 cm³/mol. The van der Waals surface area contributed by atoms with E-state index in [1.807, 2.05) is 56.3 Å². The van der Waals surface area contributed by atoms with E-state index in [0.717, 1.165) is 0 Å². The largest absolute Gasteiger partial charge is 0.357 e. The molecule has 3 aromatic rings. The molecular weight excluding hydrogens is 420 g/mol. The Labute approximate surface area is 192 Å². The Hall–Kier alpha value is -3.82. The summed E-state index contributed by atoms with van der Waals surface area (Å²) in [5, 5.41) is 10.9. The Balaban J connectivity index is 1.76. The van der Waals surface area contributed by atoms with Crippen LogP contribution in [0.15, 0.2) is 30.6 Å². The minimum Gasteiger partial charge on any atom is -0.357 e. The Morgan fingerprint density at radius 2 is 1.94 bits per heavy atom. The number of rotatable bonds is 6. The van der Waals surface area contributed by atoms with Crippen LogP contribution in [0, 0.1) is 0 Å². The average molecular weight is 449 g/mol. The van der Waals surface area contributed by atoms with Crippen molar-refractivity contribution in [3.63, 3.8) is 0 Å². The highest BCUT2D eigenvalue weighted by atomic mass is 16.2. The summed E-state index contributed by atoms with van der Waals surface area (Å²) in [6, 6.07) is 7.52. The molecule has 2 amide bonds. The Bertz CT molecular complexity index is 1220. The van der Waals surface area contributed by atoms with Crippen molar-refractivity contribution in [2.24, 2.45) is 0 Å². The normalized spacial score (nSPS) is 13.1. The molecule has 4 heterocycles. The van der Waals surface area contributed by atoms with Gasteiger partial charge in [-0.15, -0.1) is 10.2 Å².